The van der Waals surface area contributed by atoms with Gasteiger partial charge < -0.3 is 10.2 Å². The Balaban J connectivity index is 2.44. The molecule has 1 aliphatic heterocycles. The average molecular weight is 198 g/mol. The Kier molecular flexibility index (Phi) is 3.53. The summed E-state index contributed by atoms with van der Waals surface area (Å²) in [6, 6.07) is 0.517. The molecule has 1 saturated heterocycles. The number of hydrogen-bond donors (Lipinski definition) is 1. The van der Waals surface area contributed by atoms with Crippen molar-refractivity contribution in [3.05, 3.63) is 0 Å². The van der Waals surface area contributed by atoms with Crippen molar-refractivity contribution in [1.29, 1.82) is 0 Å². The van der Waals surface area contributed by atoms with Crippen LogP contribution in [0.5, 0.6) is 0 Å². The van der Waals surface area contributed by atoms with Gasteiger partial charge in [0.1, 0.15) is 0 Å². The molecule has 0 aromatic rings. The molecule has 0 saturated carbocycles. The van der Waals surface area contributed by atoms with Gasteiger partial charge in [-0.3, -0.25) is 4.79 Å². The minimum Gasteiger partial charge on any atom is -0.343 e. The minimum atomic E-state index is 0.205. The molecule has 0 aliphatic carbocycles. The summed E-state index contributed by atoms with van der Waals surface area (Å²) in [5.74, 6) is 0.205. The van der Waals surface area contributed by atoms with Crippen molar-refractivity contribution in [3.63, 3.8) is 0 Å². The normalized spacial score (nSPS) is 21.4. The Hall–Kier alpha value is -0.570. The zero-order valence-corrected chi connectivity index (χ0v) is 9.76. The van der Waals surface area contributed by atoms with Crippen LogP contribution in [0.3, 0.4) is 0 Å². The Bertz CT molecular complexity index is 205. The van der Waals surface area contributed by atoms with Gasteiger partial charge in [0.05, 0.1) is 0 Å². The zero-order valence-electron chi connectivity index (χ0n) is 9.76. The maximum atomic E-state index is 11.1. The topological polar surface area (TPSA) is 32.3 Å². The minimum absolute atomic E-state index is 0.205. The molecule has 3 heteroatoms. The number of nitrogens with one attached hydrogen (secondary N) is 1. The van der Waals surface area contributed by atoms with E-state index in [1.54, 1.807) is 6.92 Å². The molecule has 1 amide bonds. The van der Waals surface area contributed by atoms with E-state index in [1.807, 2.05) is 4.90 Å². The molecule has 0 atom stereocenters. The Morgan fingerprint density at radius 2 is 1.86 bits per heavy atom. The predicted octanol–water partition coefficient (Wildman–Crippen LogP) is 1.39. The lowest BCUT2D eigenvalue weighted by Crippen LogP contribution is -2.54. The third-order valence-electron chi connectivity index (χ3n) is 2.95. The van der Waals surface area contributed by atoms with Crippen LogP contribution in [0.2, 0.25) is 0 Å². The molecule has 1 N–H and O–H groups in total. The van der Waals surface area contributed by atoms with E-state index in [-0.39, 0.29) is 11.4 Å². The van der Waals surface area contributed by atoms with E-state index in [4.69, 9.17) is 0 Å². The Morgan fingerprint density at radius 1 is 1.36 bits per heavy atom. The lowest BCUT2D eigenvalue weighted by atomic mass is 9.89. The second kappa shape index (κ2) is 4.30. The third-order valence-corrected chi connectivity index (χ3v) is 2.95. The number of carbonyl (C=O) groups excluding carboxylic acids is 1. The summed E-state index contributed by atoms with van der Waals surface area (Å²) in [6.07, 6.45) is 2.12. The van der Waals surface area contributed by atoms with Crippen molar-refractivity contribution in [1.82, 2.24) is 10.2 Å². The highest BCUT2D eigenvalue weighted by atomic mass is 16.2. The fourth-order valence-electron chi connectivity index (χ4n) is 2.16. The Morgan fingerprint density at radius 3 is 2.21 bits per heavy atom. The van der Waals surface area contributed by atoms with E-state index in [9.17, 15) is 4.79 Å². The average Bonchev–Trinajstić information content (AvgIpc) is 2.02. The summed E-state index contributed by atoms with van der Waals surface area (Å²) < 4.78 is 0. The van der Waals surface area contributed by atoms with E-state index in [0.717, 1.165) is 25.9 Å². The van der Waals surface area contributed by atoms with E-state index in [0.29, 0.717) is 6.04 Å². The first kappa shape index (κ1) is 11.5. The quantitative estimate of drug-likeness (QED) is 0.727. The van der Waals surface area contributed by atoms with Crippen LogP contribution < -0.4 is 5.32 Å². The van der Waals surface area contributed by atoms with Gasteiger partial charge in [0.25, 0.3) is 0 Å². The van der Waals surface area contributed by atoms with Gasteiger partial charge in [-0.1, -0.05) is 13.8 Å². The summed E-state index contributed by atoms with van der Waals surface area (Å²) in [5, 5.41) is 3.58. The van der Waals surface area contributed by atoms with Crippen molar-refractivity contribution in [2.24, 2.45) is 0 Å². The first-order chi connectivity index (χ1) is 6.43. The molecule has 0 aromatic heterocycles. The molecule has 1 rings (SSSR count). The van der Waals surface area contributed by atoms with Crippen LogP contribution in [0, 0.1) is 0 Å². The van der Waals surface area contributed by atoms with Crippen LogP contribution in [0.4, 0.5) is 0 Å². The fourth-order valence-corrected chi connectivity index (χ4v) is 2.16. The van der Waals surface area contributed by atoms with Crippen LogP contribution in [0.1, 0.15) is 40.5 Å². The number of nitrogens with zero attached hydrogens (tertiary/aromatic N) is 1. The first-order valence-corrected chi connectivity index (χ1v) is 5.46. The Labute approximate surface area is 86.9 Å². The van der Waals surface area contributed by atoms with Gasteiger partial charge in [-0.25, -0.2) is 0 Å². The monoisotopic (exact) mass is 198 g/mol. The summed E-state index contributed by atoms with van der Waals surface area (Å²) >= 11 is 0. The lowest BCUT2D eigenvalue weighted by molar-refractivity contribution is -0.130. The molecule has 0 unspecified atom stereocenters. The first-order valence-electron chi connectivity index (χ1n) is 5.46. The third kappa shape index (κ3) is 2.98. The molecule has 82 valence electrons. The second-order valence-electron chi connectivity index (χ2n) is 4.87. The molecular formula is C11H22N2O. The maximum absolute atomic E-state index is 11.1. The van der Waals surface area contributed by atoms with E-state index < -0.39 is 0 Å². The van der Waals surface area contributed by atoms with Crippen LogP contribution in [0.15, 0.2) is 0 Å². The summed E-state index contributed by atoms with van der Waals surface area (Å²) in [4.78, 5) is 13.1. The van der Waals surface area contributed by atoms with Crippen LogP contribution in [0.25, 0.3) is 0 Å². The van der Waals surface area contributed by atoms with Gasteiger partial charge in [-0.2, -0.15) is 0 Å². The smallest absolute Gasteiger partial charge is 0.219 e. The molecule has 1 heterocycles. The highest BCUT2D eigenvalue weighted by Crippen LogP contribution is 2.22. The summed E-state index contributed by atoms with van der Waals surface area (Å²) in [7, 11) is 0. The molecular weight excluding hydrogens is 176 g/mol. The standard InChI is InChI=1S/C11H22N2O/c1-9(2)12-11(4)5-7-13(8-6-11)10(3)14/h9,12H,5-8H2,1-4H3. The largest absolute Gasteiger partial charge is 0.343 e. The highest BCUT2D eigenvalue weighted by Gasteiger charge is 2.30. The predicted molar refractivity (Wildman–Crippen MR) is 58.2 cm³/mol. The summed E-state index contributed by atoms with van der Waals surface area (Å²) in [5.41, 5.74) is 0.222. The van der Waals surface area contributed by atoms with Gasteiger partial charge in [-0.05, 0) is 19.8 Å². The summed E-state index contributed by atoms with van der Waals surface area (Å²) in [6.45, 7) is 10.0. The van der Waals surface area contributed by atoms with E-state index in [2.05, 4.69) is 26.1 Å². The molecule has 3 nitrogen and oxygen atoms in total. The maximum Gasteiger partial charge on any atom is 0.219 e. The second-order valence-corrected chi connectivity index (χ2v) is 4.87. The van der Waals surface area contributed by atoms with Crippen LogP contribution in [-0.2, 0) is 4.79 Å². The van der Waals surface area contributed by atoms with E-state index in [1.165, 1.54) is 0 Å². The molecule has 0 spiro atoms. The number of hydrogen-bond acceptors (Lipinski definition) is 2. The van der Waals surface area contributed by atoms with E-state index >= 15 is 0 Å². The number of amides is 1. The fraction of sp³-hybridized carbons (Fsp3) is 0.909. The van der Waals surface area contributed by atoms with Gasteiger partial charge >= 0.3 is 0 Å². The molecule has 0 bridgehead atoms. The van der Waals surface area contributed by atoms with Crippen molar-refractivity contribution in [2.75, 3.05) is 13.1 Å². The molecule has 0 aromatic carbocycles. The number of carbonyl (C=O) groups is 1. The van der Waals surface area contributed by atoms with Gasteiger partial charge in [0, 0.05) is 31.6 Å². The lowest BCUT2D eigenvalue weighted by Gasteiger charge is -2.41. The van der Waals surface area contributed by atoms with Crippen molar-refractivity contribution >= 4 is 5.91 Å². The van der Waals surface area contributed by atoms with Crippen molar-refractivity contribution in [3.8, 4) is 0 Å². The molecule has 1 fully saturated rings. The molecule has 14 heavy (non-hydrogen) atoms. The zero-order chi connectivity index (χ0) is 10.8. The van der Waals surface area contributed by atoms with Crippen molar-refractivity contribution < 1.29 is 4.79 Å². The SMILES string of the molecule is CC(=O)N1CCC(C)(NC(C)C)CC1. The number of likely N-dealkylation sites (tertiary alicyclic amines) is 1. The van der Waals surface area contributed by atoms with Gasteiger partial charge in [0.15, 0.2) is 0 Å². The molecule has 0 radical (unpaired) electrons. The highest BCUT2D eigenvalue weighted by molar-refractivity contribution is 5.73. The number of rotatable bonds is 2. The van der Waals surface area contributed by atoms with Crippen LogP contribution >= 0.6 is 0 Å². The van der Waals surface area contributed by atoms with Crippen LogP contribution in [-0.4, -0.2) is 35.5 Å². The van der Waals surface area contributed by atoms with Crippen molar-refractivity contribution in [2.45, 2.75) is 52.1 Å². The van der Waals surface area contributed by atoms with Gasteiger partial charge in [-0.15, -0.1) is 0 Å². The number of piperidine rings is 1. The van der Waals surface area contributed by atoms with Gasteiger partial charge in [0.2, 0.25) is 5.91 Å². The molecule has 1 aliphatic rings.